The number of amides is 1. The molecular weight excluding hydrogens is 353 g/mol. The van der Waals surface area contributed by atoms with Gasteiger partial charge >= 0.3 is 0 Å². The number of carbonyl (C=O) groups excluding carboxylic acids is 1. The number of halogens is 1. The van der Waals surface area contributed by atoms with Gasteiger partial charge in [0.25, 0.3) is 5.91 Å². The second kappa shape index (κ2) is 7.64. The largest absolute Gasteiger partial charge is 0.322 e. The van der Waals surface area contributed by atoms with Crippen LogP contribution in [0.1, 0.15) is 42.1 Å². The van der Waals surface area contributed by atoms with E-state index in [4.69, 9.17) is 0 Å². The van der Waals surface area contributed by atoms with Crippen LogP contribution in [0.3, 0.4) is 0 Å². The Labute approximate surface area is 166 Å². The van der Waals surface area contributed by atoms with E-state index in [1.807, 2.05) is 13.0 Å². The third kappa shape index (κ3) is 3.23. The number of likely N-dealkylation sites (tertiary alicyclic amines) is 1. The van der Waals surface area contributed by atoms with E-state index < -0.39 is 11.7 Å². The fraction of sp³-hybridized carbons (Fsp3) is 0.435. The number of nitrogens with zero attached hydrogens (tertiary/aromatic N) is 1. The van der Waals surface area contributed by atoms with Gasteiger partial charge in [0, 0.05) is 50.2 Å². The first-order valence-electron chi connectivity index (χ1n) is 10.3. The Balaban J connectivity index is 1.62. The maximum absolute atomic E-state index is 13.9. The third-order valence-corrected chi connectivity index (χ3v) is 6.68. The topological polar surface area (TPSA) is 41.1 Å². The summed E-state index contributed by atoms with van der Waals surface area (Å²) in [5.41, 5.74) is 3.16. The zero-order valence-corrected chi connectivity index (χ0v) is 16.7. The van der Waals surface area contributed by atoms with Crippen LogP contribution in [0.2, 0.25) is 0 Å². The molecule has 2 aromatic carbocycles. The van der Waals surface area contributed by atoms with Gasteiger partial charge in [0.15, 0.2) is 0 Å². The highest BCUT2D eigenvalue weighted by molar-refractivity contribution is 6.04. The molecule has 148 valence electrons. The van der Waals surface area contributed by atoms with Gasteiger partial charge in [-0.3, -0.25) is 9.28 Å². The van der Waals surface area contributed by atoms with Gasteiger partial charge in [-0.05, 0) is 37.6 Å². The summed E-state index contributed by atoms with van der Waals surface area (Å²) in [7, 11) is 0. The molecule has 1 amide bonds. The fourth-order valence-corrected chi connectivity index (χ4v) is 5.15. The molecular formula is C23H29FN3O+. The van der Waals surface area contributed by atoms with Gasteiger partial charge in [-0.15, -0.1) is 0 Å². The van der Waals surface area contributed by atoms with Crippen molar-refractivity contribution in [2.75, 3.05) is 25.0 Å². The Hall–Kier alpha value is -2.24. The Morgan fingerprint density at radius 1 is 1.21 bits per heavy atom. The highest BCUT2D eigenvalue weighted by Crippen LogP contribution is 2.40. The van der Waals surface area contributed by atoms with E-state index in [-0.39, 0.29) is 5.56 Å². The summed E-state index contributed by atoms with van der Waals surface area (Å²) in [5, 5.41) is 6.41. The van der Waals surface area contributed by atoms with E-state index >= 15 is 0 Å². The molecule has 3 unspecified atom stereocenters. The zero-order valence-electron chi connectivity index (χ0n) is 16.7. The van der Waals surface area contributed by atoms with E-state index in [1.54, 1.807) is 12.1 Å². The Morgan fingerprint density at radius 3 is 2.68 bits per heavy atom. The number of aryl methyl sites for hydroxylation is 1. The van der Waals surface area contributed by atoms with Crippen LogP contribution in [0.4, 0.5) is 15.8 Å². The molecule has 0 radical (unpaired) electrons. The third-order valence-electron chi connectivity index (χ3n) is 6.68. The van der Waals surface area contributed by atoms with Gasteiger partial charge in [-0.2, -0.15) is 0 Å². The molecule has 0 spiro atoms. The normalized spacial score (nSPS) is 27.1. The van der Waals surface area contributed by atoms with Crippen LogP contribution in [0.15, 0.2) is 42.5 Å². The van der Waals surface area contributed by atoms with E-state index in [9.17, 15) is 9.18 Å². The van der Waals surface area contributed by atoms with Crippen LogP contribution < -0.4 is 15.1 Å². The lowest BCUT2D eigenvalue weighted by molar-refractivity contribution is 0.102. The molecule has 0 saturated carbocycles. The van der Waals surface area contributed by atoms with Gasteiger partial charge in [-0.25, -0.2) is 4.39 Å². The monoisotopic (exact) mass is 382 g/mol. The van der Waals surface area contributed by atoms with Crippen LogP contribution in [-0.2, 0) is 0 Å². The molecule has 2 aliphatic heterocycles. The molecule has 2 fully saturated rings. The standard InChI is InChI=1S/C23H28FN3O/c1-16-14-18(27(13-5-6-17(27)2)19-11-12-25-15-19)9-10-22(16)26-23(28)20-7-3-4-8-21(20)24/h3-4,7-10,14,17,19,25H,5-6,11-13,15H2,1-2H3/p+1. The molecule has 2 N–H and O–H groups in total. The van der Waals surface area contributed by atoms with Gasteiger partial charge in [-0.1, -0.05) is 12.1 Å². The second-order valence-electron chi connectivity index (χ2n) is 8.23. The molecule has 2 saturated heterocycles. The number of hydrogen-bond donors (Lipinski definition) is 2. The molecule has 3 atom stereocenters. The fourth-order valence-electron chi connectivity index (χ4n) is 5.15. The summed E-state index contributed by atoms with van der Waals surface area (Å²) in [6, 6.07) is 13.6. The van der Waals surface area contributed by atoms with Gasteiger partial charge in [0.05, 0.1) is 18.2 Å². The molecule has 0 aromatic heterocycles. The van der Waals surface area contributed by atoms with Gasteiger partial charge in [0.1, 0.15) is 17.5 Å². The molecule has 28 heavy (non-hydrogen) atoms. The summed E-state index contributed by atoms with van der Waals surface area (Å²) in [6.45, 7) is 7.72. The highest BCUT2D eigenvalue weighted by Gasteiger charge is 2.48. The van der Waals surface area contributed by atoms with Crippen molar-refractivity contribution in [1.82, 2.24) is 9.80 Å². The van der Waals surface area contributed by atoms with Crippen molar-refractivity contribution in [2.45, 2.75) is 45.2 Å². The van der Waals surface area contributed by atoms with Crippen molar-refractivity contribution >= 4 is 17.3 Å². The van der Waals surface area contributed by atoms with Crippen molar-refractivity contribution < 1.29 is 9.18 Å². The summed E-state index contributed by atoms with van der Waals surface area (Å²) in [4.78, 5) is 12.5. The summed E-state index contributed by atoms with van der Waals surface area (Å²) in [5.74, 6) is -0.911. The number of carbonyl (C=O) groups is 1. The smallest absolute Gasteiger partial charge is 0.258 e. The first kappa shape index (κ1) is 19.1. The van der Waals surface area contributed by atoms with Crippen molar-refractivity contribution in [3.8, 4) is 0 Å². The lowest BCUT2D eigenvalue weighted by Gasteiger charge is -2.43. The SMILES string of the molecule is Cc1cc([N+]2(C3CCNC3)CCCC2C)ccc1NC(=O)c1ccccc1F. The quantitative estimate of drug-likeness (QED) is 0.777. The molecule has 4 nitrogen and oxygen atoms in total. The van der Waals surface area contributed by atoms with Crippen molar-refractivity contribution in [3.63, 3.8) is 0 Å². The van der Waals surface area contributed by atoms with E-state index in [0.717, 1.165) is 28.8 Å². The van der Waals surface area contributed by atoms with Gasteiger partial charge < -0.3 is 10.6 Å². The van der Waals surface area contributed by atoms with Crippen LogP contribution in [0.5, 0.6) is 0 Å². The lowest BCUT2D eigenvalue weighted by Crippen LogP contribution is -2.59. The predicted octanol–water partition coefficient (Wildman–Crippen LogP) is 4.24. The number of anilines is 1. The minimum Gasteiger partial charge on any atom is -0.322 e. The Morgan fingerprint density at radius 2 is 2.04 bits per heavy atom. The highest BCUT2D eigenvalue weighted by atomic mass is 19.1. The lowest BCUT2D eigenvalue weighted by atomic mass is 10.0. The van der Waals surface area contributed by atoms with Crippen molar-refractivity contribution in [1.29, 1.82) is 0 Å². The molecule has 5 heteroatoms. The molecule has 2 heterocycles. The first-order valence-corrected chi connectivity index (χ1v) is 10.3. The van der Waals surface area contributed by atoms with Crippen LogP contribution in [-0.4, -0.2) is 37.6 Å². The molecule has 4 rings (SSSR count). The summed E-state index contributed by atoms with van der Waals surface area (Å²) < 4.78 is 14.9. The second-order valence-corrected chi connectivity index (χ2v) is 8.23. The number of nitrogens with one attached hydrogen (secondary N) is 2. The van der Waals surface area contributed by atoms with E-state index in [0.29, 0.717) is 12.1 Å². The maximum atomic E-state index is 13.9. The summed E-state index contributed by atoms with van der Waals surface area (Å²) in [6.07, 6.45) is 3.71. The average Bonchev–Trinajstić information content (AvgIpc) is 3.34. The maximum Gasteiger partial charge on any atom is 0.258 e. The van der Waals surface area contributed by atoms with Crippen molar-refractivity contribution in [3.05, 3.63) is 59.4 Å². The molecule has 2 aromatic rings. The Bertz CT molecular complexity index is 878. The average molecular weight is 383 g/mol. The van der Waals surface area contributed by atoms with Crippen molar-refractivity contribution in [2.24, 2.45) is 0 Å². The first-order chi connectivity index (χ1) is 13.5. The zero-order chi connectivity index (χ0) is 19.7. The number of rotatable bonds is 4. The summed E-state index contributed by atoms with van der Waals surface area (Å²) >= 11 is 0. The number of hydrogen-bond acceptors (Lipinski definition) is 2. The minimum atomic E-state index is -0.501. The Kier molecular flexibility index (Phi) is 5.21. The number of benzene rings is 2. The molecule has 2 aliphatic rings. The van der Waals surface area contributed by atoms with Crippen LogP contribution in [0.25, 0.3) is 0 Å². The predicted molar refractivity (Wildman–Crippen MR) is 112 cm³/mol. The minimum absolute atomic E-state index is 0.0691. The van der Waals surface area contributed by atoms with Crippen LogP contribution in [0, 0.1) is 12.7 Å². The van der Waals surface area contributed by atoms with Gasteiger partial charge in [0.2, 0.25) is 0 Å². The van der Waals surface area contributed by atoms with E-state index in [1.165, 1.54) is 43.6 Å². The van der Waals surface area contributed by atoms with Crippen LogP contribution >= 0.6 is 0 Å². The molecule has 0 bridgehead atoms. The van der Waals surface area contributed by atoms with E-state index in [2.05, 4.69) is 29.7 Å². The molecule has 0 aliphatic carbocycles. The number of quaternary nitrogens is 1.